The van der Waals surface area contributed by atoms with E-state index in [2.05, 4.69) is 5.32 Å². The lowest BCUT2D eigenvalue weighted by molar-refractivity contribution is -0.127. The maximum absolute atomic E-state index is 12.9. The Morgan fingerprint density at radius 3 is 2.31 bits per heavy atom. The Balaban J connectivity index is 1.59. The van der Waals surface area contributed by atoms with E-state index in [9.17, 15) is 22.8 Å². The summed E-state index contributed by atoms with van der Waals surface area (Å²) >= 11 is 0.634. The second-order valence-electron chi connectivity index (χ2n) is 7.41. The van der Waals surface area contributed by atoms with Crippen molar-refractivity contribution < 1.29 is 31.7 Å². The number of benzene rings is 3. The van der Waals surface area contributed by atoms with Crippen LogP contribution < -0.4 is 14.2 Å². The molecule has 0 unspecified atom stereocenters. The van der Waals surface area contributed by atoms with E-state index in [0.717, 1.165) is 4.90 Å². The van der Waals surface area contributed by atoms with Gasteiger partial charge in [0.1, 0.15) is 11.4 Å². The zero-order chi connectivity index (χ0) is 25.7. The molecule has 3 aromatic rings. The minimum absolute atomic E-state index is 0.00252. The van der Waals surface area contributed by atoms with E-state index in [1.807, 2.05) is 0 Å². The monoisotopic (exact) mass is 524 g/mol. The maximum Gasteiger partial charge on any atom is 0.339 e. The minimum Gasteiger partial charge on any atom is -0.493 e. The molecule has 11 heteroatoms. The number of para-hydroxylation sites is 2. The molecule has 0 aromatic heterocycles. The van der Waals surface area contributed by atoms with Crippen molar-refractivity contribution >= 4 is 50.7 Å². The Labute approximate surface area is 211 Å². The van der Waals surface area contributed by atoms with Gasteiger partial charge in [-0.2, -0.15) is 8.42 Å². The molecule has 0 spiro atoms. The third-order valence-corrected chi connectivity index (χ3v) is 7.12. The fourth-order valence-electron chi connectivity index (χ4n) is 3.28. The summed E-state index contributed by atoms with van der Waals surface area (Å²) < 4.78 is 36.3. The lowest BCUT2D eigenvalue weighted by Gasteiger charge is -2.14. The Morgan fingerprint density at radius 2 is 1.64 bits per heavy atom. The second-order valence-corrected chi connectivity index (χ2v) is 9.95. The summed E-state index contributed by atoms with van der Waals surface area (Å²) in [5, 5.41) is 1.99. The molecular weight excluding hydrogens is 504 g/mol. The fraction of sp³-hybridized carbons (Fsp3) is 0.0800. The van der Waals surface area contributed by atoms with Gasteiger partial charge in [-0.25, -0.2) is 0 Å². The van der Waals surface area contributed by atoms with Gasteiger partial charge in [-0.05, 0) is 48.2 Å². The molecule has 4 rings (SSSR count). The van der Waals surface area contributed by atoms with E-state index in [1.54, 1.807) is 54.6 Å². The molecule has 1 aliphatic rings. The number of ether oxygens (including phenoxy) is 1. The van der Waals surface area contributed by atoms with E-state index in [0.29, 0.717) is 17.4 Å². The predicted octanol–water partition coefficient (Wildman–Crippen LogP) is 4.14. The van der Waals surface area contributed by atoms with Gasteiger partial charge < -0.3 is 14.2 Å². The lowest BCUT2D eigenvalue weighted by atomic mass is 10.1. The zero-order valence-corrected chi connectivity index (χ0v) is 20.5. The van der Waals surface area contributed by atoms with Gasteiger partial charge in [-0.3, -0.25) is 19.3 Å². The molecule has 0 aliphatic carbocycles. The van der Waals surface area contributed by atoms with E-state index >= 15 is 0 Å². The molecule has 1 heterocycles. The van der Waals surface area contributed by atoms with Crippen LogP contribution >= 0.6 is 11.8 Å². The van der Waals surface area contributed by atoms with Gasteiger partial charge in [0.15, 0.2) is 11.5 Å². The van der Waals surface area contributed by atoms with Gasteiger partial charge in [0.05, 0.1) is 12.0 Å². The first-order chi connectivity index (χ1) is 17.3. The number of carbonyl (C=O) groups excluding carboxylic acids is 3. The largest absolute Gasteiger partial charge is 0.493 e. The van der Waals surface area contributed by atoms with Crippen molar-refractivity contribution in [3.63, 3.8) is 0 Å². The van der Waals surface area contributed by atoms with Crippen molar-refractivity contribution in [3.8, 4) is 11.5 Å². The van der Waals surface area contributed by atoms with Crippen molar-refractivity contribution in [2.45, 2.75) is 4.90 Å². The molecule has 1 fully saturated rings. The molecule has 0 bridgehead atoms. The first kappa shape index (κ1) is 25.0. The Hall–Kier alpha value is -4.09. The van der Waals surface area contributed by atoms with Crippen LogP contribution in [0.4, 0.5) is 10.5 Å². The molecule has 9 nitrogen and oxygen atoms in total. The highest BCUT2D eigenvalue weighted by Crippen LogP contribution is 2.38. The SMILES string of the molecule is COc1cccc(/C=C2\SC(=O)N(CC(=O)Nc3ccccc3)C2=O)c1OS(=O)(=O)c1ccccc1. The first-order valence-electron chi connectivity index (χ1n) is 10.6. The highest BCUT2D eigenvalue weighted by atomic mass is 32.2. The van der Waals surface area contributed by atoms with Crippen LogP contribution in [0, 0.1) is 0 Å². The molecule has 0 saturated carbocycles. The number of nitrogens with one attached hydrogen (secondary N) is 1. The van der Waals surface area contributed by atoms with Crippen LogP contribution in [0.5, 0.6) is 11.5 Å². The molecule has 3 aromatic carbocycles. The van der Waals surface area contributed by atoms with Crippen LogP contribution in [0.15, 0.2) is 88.7 Å². The molecule has 0 atom stereocenters. The van der Waals surface area contributed by atoms with Crippen LogP contribution in [0.2, 0.25) is 0 Å². The summed E-state index contributed by atoms with van der Waals surface area (Å²) in [5.41, 5.74) is 0.732. The predicted molar refractivity (Wildman–Crippen MR) is 135 cm³/mol. The highest BCUT2D eigenvalue weighted by molar-refractivity contribution is 8.18. The zero-order valence-electron chi connectivity index (χ0n) is 18.9. The first-order valence-corrected chi connectivity index (χ1v) is 12.8. The number of carbonyl (C=O) groups is 3. The smallest absolute Gasteiger partial charge is 0.339 e. The summed E-state index contributed by atoms with van der Waals surface area (Å²) in [7, 11) is -2.87. The van der Waals surface area contributed by atoms with Crippen LogP contribution in [0.25, 0.3) is 6.08 Å². The molecule has 1 N–H and O–H groups in total. The lowest BCUT2D eigenvalue weighted by Crippen LogP contribution is -2.36. The molecule has 0 radical (unpaired) electrons. The standard InChI is InChI=1S/C25H20N2O7S2/c1-33-20-14-8-9-17(23(20)34-36(31,32)19-12-6-3-7-13-19)15-21-24(29)27(25(30)35-21)16-22(28)26-18-10-4-2-5-11-18/h2-15H,16H2,1H3,(H,26,28)/b21-15-. The molecule has 184 valence electrons. The van der Waals surface area contributed by atoms with Crippen LogP contribution in [-0.2, 0) is 19.7 Å². The number of imide groups is 1. The Morgan fingerprint density at radius 1 is 0.972 bits per heavy atom. The van der Waals surface area contributed by atoms with Crippen molar-refractivity contribution in [1.82, 2.24) is 4.90 Å². The normalized spacial score (nSPS) is 14.7. The summed E-state index contributed by atoms with van der Waals surface area (Å²) in [6.45, 7) is -0.471. The van der Waals surface area contributed by atoms with Crippen LogP contribution in [0.3, 0.4) is 0 Å². The Kier molecular flexibility index (Phi) is 7.41. The van der Waals surface area contributed by atoms with Gasteiger partial charge in [-0.15, -0.1) is 0 Å². The number of hydrogen-bond donors (Lipinski definition) is 1. The van der Waals surface area contributed by atoms with Crippen molar-refractivity contribution in [2.75, 3.05) is 19.0 Å². The summed E-state index contributed by atoms with van der Waals surface area (Å²) in [6, 6.07) is 20.8. The number of amides is 3. The topological polar surface area (TPSA) is 119 Å². The van der Waals surface area contributed by atoms with Crippen LogP contribution in [-0.4, -0.2) is 44.0 Å². The second kappa shape index (κ2) is 10.7. The molecule has 1 aliphatic heterocycles. The summed E-state index contributed by atoms with van der Waals surface area (Å²) in [5.74, 6) is -1.25. The fourth-order valence-corrected chi connectivity index (χ4v) is 5.10. The average Bonchev–Trinajstić information content (AvgIpc) is 3.13. The summed E-state index contributed by atoms with van der Waals surface area (Å²) in [6.07, 6.45) is 1.33. The quantitative estimate of drug-likeness (QED) is 0.345. The van der Waals surface area contributed by atoms with Gasteiger partial charge in [0.2, 0.25) is 5.91 Å². The van der Waals surface area contributed by atoms with Crippen LogP contribution in [0.1, 0.15) is 5.56 Å². The van der Waals surface area contributed by atoms with Crippen molar-refractivity contribution in [1.29, 1.82) is 0 Å². The number of rotatable bonds is 8. The third-order valence-electron chi connectivity index (χ3n) is 4.97. The summed E-state index contributed by atoms with van der Waals surface area (Å²) in [4.78, 5) is 38.5. The van der Waals surface area contributed by atoms with Gasteiger partial charge in [-0.1, -0.05) is 48.5 Å². The number of methoxy groups -OCH3 is 1. The third kappa shape index (κ3) is 5.58. The van der Waals surface area contributed by atoms with Gasteiger partial charge in [0, 0.05) is 11.3 Å². The molecule has 1 saturated heterocycles. The number of thioether (sulfide) groups is 1. The van der Waals surface area contributed by atoms with E-state index in [4.69, 9.17) is 8.92 Å². The van der Waals surface area contributed by atoms with Gasteiger partial charge >= 0.3 is 10.1 Å². The molecular formula is C25H20N2O7S2. The molecule has 3 amide bonds. The van der Waals surface area contributed by atoms with Gasteiger partial charge in [0.25, 0.3) is 11.1 Å². The number of anilines is 1. The van der Waals surface area contributed by atoms with E-state index in [1.165, 1.54) is 37.5 Å². The van der Waals surface area contributed by atoms with E-state index in [-0.39, 0.29) is 26.9 Å². The maximum atomic E-state index is 12.9. The Bertz CT molecular complexity index is 1440. The number of nitrogens with zero attached hydrogens (tertiary/aromatic N) is 1. The van der Waals surface area contributed by atoms with Crippen molar-refractivity contribution in [3.05, 3.63) is 89.3 Å². The average molecular weight is 525 g/mol. The molecule has 36 heavy (non-hydrogen) atoms. The highest BCUT2D eigenvalue weighted by Gasteiger charge is 2.36. The van der Waals surface area contributed by atoms with E-state index < -0.39 is 33.7 Å². The number of hydrogen-bond acceptors (Lipinski definition) is 8. The van der Waals surface area contributed by atoms with Crippen molar-refractivity contribution in [2.24, 2.45) is 0 Å². The minimum atomic E-state index is -4.21.